The monoisotopic (exact) mass is 400 g/mol. The van der Waals surface area contributed by atoms with E-state index in [4.69, 9.17) is 11.6 Å². The molecule has 146 valence electrons. The van der Waals surface area contributed by atoms with Crippen molar-refractivity contribution in [1.82, 2.24) is 24.4 Å². The normalized spacial score (nSPS) is 14.2. The molecular weight excluding hydrogens is 380 g/mol. The van der Waals surface area contributed by atoms with Crippen LogP contribution in [0.1, 0.15) is 18.4 Å². The Morgan fingerprint density at radius 3 is 2.75 bits per heavy atom. The number of hydrogen-bond acceptors (Lipinski definition) is 6. The Labute approximate surface area is 167 Å². The Morgan fingerprint density at radius 1 is 1.18 bits per heavy atom. The highest BCUT2D eigenvalue weighted by atomic mass is 35.5. The lowest BCUT2D eigenvalue weighted by Gasteiger charge is -2.15. The van der Waals surface area contributed by atoms with E-state index in [9.17, 15) is 9.90 Å². The van der Waals surface area contributed by atoms with Crippen molar-refractivity contribution in [2.75, 3.05) is 25.0 Å². The first-order chi connectivity index (χ1) is 13.6. The highest BCUT2D eigenvalue weighted by Crippen LogP contribution is 2.21. The molecule has 0 bridgehead atoms. The third-order valence-electron chi connectivity index (χ3n) is 4.86. The predicted octanol–water partition coefficient (Wildman–Crippen LogP) is 2.46. The van der Waals surface area contributed by atoms with E-state index in [1.165, 1.54) is 0 Å². The van der Waals surface area contributed by atoms with Crippen LogP contribution in [0.3, 0.4) is 0 Å². The van der Waals surface area contributed by atoms with E-state index in [1.54, 1.807) is 18.5 Å². The molecule has 1 aliphatic heterocycles. The molecule has 1 saturated heterocycles. The number of aromatic nitrogens is 4. The first kappa shape index (κ1) is 18.5. The number of nitrogens with one attached hydrogen (secondary N) is 1. The first-order valence-electron chi connectivity index (χ1n) is 9.28. The zero-order chi connectivity index (χ0) is 19.5. The van der Waals surface area contributed by atoms with Crippen molar-refractivity contribution in [3.05, 3.63) is 41.4 Å². The average molecular weight is 401 g/mol. The highest BCUT2D eigenvalue weighted by Gasteiger charge is 2.20. The Bertz CT molecular complexity index is 988. The Balaban J connectivity index is 1.45. The summed E-state index contributed by atoms with van der Waals surface area (Å²) < 4.78 is 1.90. The summed E-state index contributed by atoms with van der Waals surface area (Å²) in [5.74, 6) is 1.04. The second kappa shape index (κ2) is 8.02. The summed E-state index contributed by atoms with van der Waals surface area (Å²) in [6.45, 7) is 2.70. The van der Waals surface area contributed by atoms with Crippen LogP contribution in [0.2, 0.25) is 5.28 Å². The molecule has 9 heteroatoms. The lowest BCUT2D eigenvalue weighted by Crippen LogP contribution is -2.28. The number of fused-ring (bicyclic) bond motifs is 1. The molecule has 3 heterocycles. The average Bonchev–Trinajstić information content (AvgIpc) is 3.27. The lowest BCUT2D eigenvalue weighted by molar-refractivity contribution is -0.127. The van der Waals surface area contributed by atoms with Crippen LogP contribution in [0.4, 0.5) is 5.82 Å². The number of rotatable bonds is 7. The van der Waals surface area contributed by atoms with Crippen LogP contribution in [0.15, 0.2) is 30.6 Å². The minimum Gasteiger partial charge on any atom is -0.508 e. The maximum absolute atomic E-state index is 11.8. The van der Waals surface area contributed by atoms with Crippen LogP contribution < -0.4 is 5.32 Å². The van der Waals surface area contributed by atoms with Crippen LogP contribution in [-0.2, 0) is 17.8 Å². The van der Waals surface area contributed by atoms with Gasteiger partial charge < -0.3 is 19.9 Å². The molecule has 1 aromatic carbocycles. The molecule has 0 atom stereocenters. The van der Waals surface area contributed by atoms with Gasteiger partial charge in [0.05, 0.1) is 6.33 Å². The third kappa shape index (κ3) is 4.01. The second-order valence-corrected chi connectivity index (χ2v) is 7.12. The van der Waals surface area contributed by atoms with Gasteiger partial charge in [-0.1, -0.05) is 12.1 Å². The van der Waals surface area contributed by atoms with E-state index in [1.807, 2.05) is 21.6 Å². The fourth-order valence-corrected chi connectivity index (χ4v) is 3.53. The number of carbonyl (C=O) groups is 1. The van der Waals surface area contributed by atoms with E-state index in [2.05, 4.69) is 20.3 Å². The molecule has 0 saturated carbocycles. The van der Waals surface area contributed by atoms with E-state index in [0.29, 0.717) is 43.0 Å². The molecule has 1 aliphatic rings. The van der Waals surface area contributed by atoms with Gasteiger partial charge in [-0.05, 0) is 42.1 Å². The largest absolute Gasteiger partial charge is 0.508 e. The molecule has 2 N–H and O–H groups in total. The zero-order valence-corrected chi connectivity index (χ0v) is 16.1. The maximum Gasteiger partial charge on any atom is 0.226 e. The number of aromatic hydroxyl groups is 1. The molecule has 0 spiro atoms. The molecule has 0 unspecified atom stereocenters. The van der Waals surface area contributed by atoms with Gasteiger partial charge in [-0.15, -0.1) is 0 Å². The maximum atomic E-state index is 11.8. The van der Waals surface area contributed by atoms with Gasteiger partial charge in [-0.2, -0.15) is 9.97 Å². The van der Waals surface area contributed by atoms with Crippen molar-refractivity contribution in [1.29, 1.82) is 0 Å². The van der Waals surface area contributed by atoms with Gasteiger partial charge in [-0.3, -0.25) is 4.79 Å². The van der Waals surface area contributed by atoms with Crippen molar-refractivity contribution >= 4 is 34.5 Å². The fourth-order valence-electron chi connectivity index (χ4n) is 3.36. The Morgan fingerprint density at radius 2 is 2.00 bits per heavy atom. The Hall–Kier alpha value is -2.87. The van der Waals surface area contributed by atoms with Crippen molar-refractivity contribution in [3.63, 3.8) is 0 Å². The molecule has 8 nitrogen and oxygen atoms in total. The fraction of sp³-hybridized carbons (Fsp3) is 0.368. The van der Waals surface area contributed by atoms with Crippen molar-refractivity contribution in [3.8, 4) is 5.75 Å². The minimum atomic E-state index is 0.152. The number of benzene rings is 1. The van der Waals surface area contributed by atoms with Gasteiger partial charge in [0.1, 0.15) is 5.75 Å². The van der Waals surface area contributed by atoms with E-state index in [0.717, 1.165) is 24.9 Å². The number of nitrogens with zero attached hydrogens (tertiary/aromatic N) is 5. The third-order valence-corrected chi connectivity index (χ3v) is 5.03. The number of carbonyl (C=O) groups excluding carboxylic acids is 1. The van der Waals surface area contributed by atoms with Gasteiger partial charge in [-0.25, -0.2) is 4.98 Å². The van der Waals surface area contributed by atoms with Crippen LogP contribution in [0.5, 0.6) is 5.75 Å². The van der Waals surface area contributed by atoms with Crippen LogP contribution in [-0.4, -0.2) is 55.1 Å². The molecule has 1 amide bonds. The molecule has 0 aliphatic carbocycles. The molecule has 1 fully saturated rings. The summed E-state index contributed by atoms with van der Waals surface area (Å²) >= 11 is 6.12. The van der Waals surface area contributed by atoms with Gasteiger partial charge in [0, 0.05) is 32.6 Å². The summed E-state index contributed by atoms with van der Waals surface area (Å²) in [6.07, 6.45) is 4.03. The number of halogens is 1. The van der Waals surface area contributed by atoms with Gasteiger partial charge >= 0.3 is 0 Å². The topological polar surface area (TPSA) is 96.2 Å². The Kier molecular flexibility index (Phi) is 5.29. The van der Waals surface area contributed by atoms with Crippen LogP contribution in [0.25, 0.3) is 11.2 Å². The summed E-state index contributed by atoms with van der Waals surface area (Å²) in [7, 11) is 0. The SMILES string of the molecule is O=C1CCCN1CCn1cnc2c(NCCc3ccc(O)cc3)nc(Cl)nc21. The van der Waals surface area contributed by atoms with Gasteiger partial charge in [0.25, 0.3) is 0 Å². The van der Waals surface area contributed by atoms with Crippen LogP contribution >= 0.6 is 11.6 Å². The number of likely N-dealkylation sites (tertiary alicyclic amines) is 1. The number of imidazole rings is 1. The number of amides is 1. The molecule has 28 heavy (non-hydrogen) atoms. The first-order valence-corrected chi connectivity index (χ1v) is 9.66. The van der Waals surface area contributed by atoms with E-state index < -0.39 is 0 Å². The number of phenolic OH excluding ortho intramolecular Hbond substituents is 1. The minimum absolute atomic E-state index is 0.152. The highest BCUT2D eigenvalue weighted by molar-refractivity contribution is 6.28. The van der Waals surface area contributed by atoms with Gasteiger partial charge in [0.2, 0.25) is 11.2 Å². The summed E-state index contributed by atoms with van der Waals surface area (Å²) in [5, 5.41) is 12.8. The molecule has 3 aromatic rings. The molecule has 2 aromatic heterocycles. The van der Waals surface area contributed by atoms with E-state index in [-0.39, 0.29) is 16.9 Å². The van der Waals surface area contributed by atoms with Crippen molar-refractivity contribution < 1.29 is 9.90 Å². The number of phenols is 1. The summed E-state index contributed by atoms with van der Waals surface area (Å²) in [5.41, 5.74) is 2.41. The summed E-state index contributed by atoms with van der Waals surface area (Å²) in [6, 6.07) is 7.10. The lowest BCUT2D eigenvalue weighted by atomic mass is 10.1. The number of anilines is 1. The standard InChI is InChI=1S/C19H21ClN6O2/c20-19-23-17(21-8-7-13-3-5-14(27)6-4-13)16-18(24-19)26(12-22-16)11-10-25-9-1-2-15(25)28/h3-6,12,27H,1-2,7-11H2,(H,21,23,24). The van der Waals surface area contributed by atoms with Crippen molar-refractivity contribution in [2.24, 2.45) is 0 Å². The van der Waals surface area contributed by atoms with Gasteiger partial charge in [0.15, 0.2) is 17.0 Å². The molecular formula is C19H21ClN6O2. The zero-order valence-electron chi connectivity index (χ0n) is 15.3. The van der Waals surface area contributed by atoms with Crippen molar-refractivity contribution in [2.45, 2.75) is 25.8 Å². The van der Waals surface area contributed by atoms with E-state index >= 15 is 0 Å². The molecule has 0 radical (unpaired) electrons. The molecule has 4 rings (SSSR count). The number of hydrogen-bond donors (Lipinski definition) is 2. The smallest absolute Gasteiger partial charge is 0.226 e. The predicted molar refractivity (Wildman–Crippen MR) is 106 cm³/mol. The quantitative estimate of drug-likeness (QED) is 0.591. The second-order valence-electron chi connectivity index (χ2n) is 6.78. The summed E-state index contributed by atoms with van der Waals surface area (Å²) in [4.78, 5) is 26.7. The van der Waals surface area contributed by atoms with Crippen LogP contribution in [0, 0.1) is 0 Å².